The Morgan fingerprint density at radius 2 is 2.27 bits per heavy atom. The van der Waals surface area contributed by atoms with E-state index in [1.54, 1.807) is 6.20 Å². The molecule has 0 amide bonds. The lowest BCUT2D eigenvalue weighted by Crippen LogP contribution is -2.17. The zero-order valence-electron chi connectivity index (χ0n) is 12.7. The van der Waals surface area contributed by atoms with Crippen LogP contribution < -0.4 is 0 Å². The molecule has 2 aromatic heterocycles. The van der Waals surface area contributed by atoms with E-state index in [1.165, 1.54) is 11.3 Å². The van der Waals surface area contributed by atoms with Crippen LogP contribution in [0.3, 0.4) is 0 Å². The van der Waals surface area contributed by atoms with Crippen molar-refractivity contribution in [3.8, 4) is 6.07 Å². The minimum absolute atomic E-state index is 0.171. The van der Waals surface area contributed by atoms with Crippen LogP contribution in [0.15, 0.2) is 11.6 Å². The molecule has 1 unspecified atom stereocenters. The van der Waals surface area contributed by atoms with Gasteiger partial charge in [-0.05, 0) is 25.2 Å². The van der Waals surface area contributed by atoms with E-state index in [9.17, 15) is 10.1 Å². The van der Waals surface area contributed by atoms with Gasteiger partial charge in [0, 0.05) is 17.6 Å². The lowest BCUT2D eigenvalue weighted by Gasteiger charge is -2.14. The fraction of sp³-hybridized carbons (Fsp3) is 0.500. The summed E-state index contributed by atoms with van der Waals surface area (Å²) in [6, 6.07) is 2.13. The summed E-state index contributed by atoms with van der Waals surface area (Å²) in [5.41, 5.74) is 2.50. The average Bonchev–Trinajstić information content (AvgIpc) is 3.14. The molecular formula is C16H18N4OS. The summed E-state index contributed by atoms with van der Waals surface area (Å²) in [5.74, 6) is -0.702. The first-order valence-corrected chi connectivity index (χ1v) is 8.43. The fourth-order valence-electron chi connectivity index (χ4n) is 2.71. The van der Waals surface area contributed by atoms with Crippen LogP contribution in [0.2, 0.25) is 0 Å². The first-order chi connectivity index (χ1) is 10.6. The van der Waals surface area contributed by atoms with Crippen molar-refractivity contribution in [2.45, 2.75) is 51.5 Å². The average molecular weight is 314 g/mol. The van der Waals surface area contributed by atoms with E-state index in [1.807, 2.05) is 10.1 Å². The highest BCUT2D eigenvalue weighted by Crippen LogP contribution is 2.28. The zero-order chi connectivity index (χ0) is 15.7. The minimum Gasteiger partial charge on any atom is -0.292 e. The van der Waals surface area contributed by atoms with Gasteiger partial charge in [0.25, 0.3) is 0 Å². The predicted molar refractivity (Wildman–Crippen MR) is 84.1 cm³/mol. The summed E-state index contributed by atoms with van der Waals surface area (Å²) in [6.07, 6.45) is 4.63. The number of aryl methyl sites for hydroxylation is 1. The third-order valence-corrected chi connectivity index (χ3v) is 4.94. The number of rotatable bonds is 4. The monoisotopic (exact) mass is 314 g/mol. The molecule has 1 atom stereocenters. The van der Waals surface area contributed by atoms with Gasteiger partial charge in [-0.25, -0.2) is 4.98 Å². The van der Waals surface area contributed by atoms with Crippen molar-refractivity contribution in [2.24, 2.45) is 0 Å². The van der Waals surface area contributed by atoms with Gasteiger partial charge in [0.2, 0.25) is 0 Å². The summed E-state index contributed by atoms with van der Waals surface area (Å²) < 4.78 is 1.90. The second kappa shape index (κ2) is 6.01. The smallest absolute Gasteiger partial charge is 0.190 e. The number of Topliss-reactive ketones (excluding diaryl/α,β-unsaturated/α-hetero) is 1. The van der Waals surface area contributed by atoms with Crippen LogP contribution in [0.4, 0.5) is 0 Å². The minimum atomic E-state index is -0.826. The maximum Gasteiger partial charge on any atom is 0.190 e. The molecule has 0 spiro atoms. The second-order valence-electron chi connectivity index (χ2n) is 5.88. The van der Waals surface area contributed by atoms with E-state index in [2.05, 4.69) is 30.0 Å². The maximum atomic E-state index is 12.8. The molecule has 3 rings (SSSR count). The van der Waals surface area contributed by atoms with E-state index < -0.39 is 5.92 Å². The van der Waals surface area contributed by atoms with E-state index in [0.29, 0.717) is 16.5 Å². The normalized spacial score (nSPS) is 15.4. The number of carbonyl (C=O) groups is 1. The maximum absolute atomic E-state index is 12.8. The molecule has 2 aromatic rings. The Morgan fingerprint density at radius 1 is 1.45 bits per heavy atom. The van der Waals surface area contributed by atoms with Crippen LogP contribution in [0.5, 0.6) is 0 Å². The van der Waals surface area contributed by atoms with Gasteiger partial charge in [-0.15, -0.1) is 11.3 Å². The van der Waals surface area contributed by atoms with E-state index in [4.69, 9.17) is 0 Å². The van der Waals surface area contributed by atoms with Crippen LogP contribution in [0, 0.1) is 11.3 Å². The number of fused-ring (bicyclic) bond motifs is 1. The van der Waals surface area contributed by atoms with Gasteiger partial charge in [-0.2, -0.15) is 10.4 Å². The first-order valence-electron chi connectivity index (χ1n) is 7.55. The highest BCUT2D eigenvalue weighted by molar-refractivity contribution is 7.10. The van der Waals surface area contributed by atoms with Crippen molar-refractivity contribution in [3.05, 3.63) is 33.5 Å². The molecule has 6 heteroatoms. The Bertz CT molecular complexity index is 738. The number of nitrogens with zero attached hydrogens (tertiary/aromatic N) is 4. The van der Waals surface area contributed by atoms with Crippen LogP contribution in [0.1, 0.15) is 65.3 Å². The van der Waals surface area contributed by atoms with Gasteiger partial charge in [0.05, 0.1) is 23.5 Å². The topological polar surface area (TPSA) is 71.6 Å². The van der Waals surface area contributed by atoms with Crippen molar-refractivity contribution in [1.82, 2.24) is 14.8 Å². The SMILES string of the molecule is CC(C)c1csc(C(C#N)C(=O)c2cnn3c2CCCC3)n1. The van der Waals surface area contributed by atoms with Crippen LogP contribution in [-0.4, -0.2) is 20.5 Å². The van der Waals surface area contributed by atoms with Gasteiger partial charge in [-0.3, -0.25) is 9.48 Å². The molecule has 0 saturated heterocycles. The highest BCUT2D eigenvalue weighted by Gasteiger charge is 2.29. The molecule has 22 heavy (non-hydrogen) atoms. The third kappa shape index (κ3) is 2.57. The van der Waals surface area contributed by atoms with Crippen LogP contribution in [0.25, 0.3) is 0 Å². The molecule has 0 fully saturated rings. The Hall–Kier alpha value is -2.00. The zero-order valence-corrected chi connectivity index (χ0v) is 13.6. The van der Waals surface area contributed by atoms with Gasteiger partial charge < -0.3 is 0 Å². The Balaban J connectivity index is 1.92. The lowest BCUT2D eigenvalue weighted by atomic mass is 9.97. The third-order valence-electron chi connectivity index (χ3n) is 4.02. The Morgan fingerprint density at radius 3 is 2.95 bits per heavy atom. The number of ketones is 1. The lowest BCUT2D eigenvalue weighted by molar-refractivity contribution is 0.0977. The summed E-state index contributed by atoms with van der Waals surface area (Å²) in [6.45, 7) is 4.96. The number of hydrogen-bond donors (Lipinski definition) is 0. The standard InChI is InChI=1S/C16H18N4OS/c1-10(2)13-9-22-16(19-13)11(7-17)15(21)12-8-18-20-6-4-3-5-14(12)20/h8-11H,3-6H2,1-2H3. The summed E-state index contributed by atoms with van der Waals surface area (Å²) >= 11 is 1.39. The quantitative estimate of drug-likeness (QED) is 0.812. The molecule has 1 aliphatic rings. The Kier molecular flexibility index (Phi) is 4.08. The van der Waals surface area contributed by atoms with Crippen molar-refractivity contribution in [2.75, 3.05) is 0 Å². The van der Waals surface area contributed by atoms with Crippen LogP contribution >= 0.6 is 11.3 Å². The van der Waals surface area contributed by atoms with Crippen molar-refractivity contribution in [3.63, 3.8) is 0 Å². The molecule has 0 radical (unpaired) electrons. The molecule has 0 bridgehead atoms. The summed E-state index contributed by atoms with van der Waals surface area (Å²) in [5, 5.41) is 16.3. The molecule has 114 valence electrons. The van der Waals surface area contributed by atoms with Crippen molar-refractivity contribution in [1.29, 1.82) is 5.26 Å². The highest BCUT2D eigenvalue weighted by atomic mass is 32.1. The van der Waals surface area contributed by atoms with Crippen molar-refractivity contribution >= 4 is 17.1 Å². The number of thiazole rings is 1. The first kappa shape index (κ1) is 14.9. The predicted octanol–water partition coefficient (Wildman–Crippen LogP) is 3.29. The molecule has 1 aliphatic heterocycles. The van der Waals surface area contributed by atoms with Crippen LogP contribution in [-0.2, 0) is 13.0 Å². The Labute approximate surface area is 133 Å². The van der Waals surface area contributed by atoms with Gasteiger partial charge in [0.15, 0.2) is 11.7 Å². The molecule has 5 nitrogen and oxygen atoms in total. The molecule has 0 saturated carbocycles. The van der Waals surface area contributed by atoms with Gasteiger partial charge in [0.1, 0.15) is 5.01 Å². The molecule has 0 N–H and O–H groups in total. The number of hydrogen-bond acceptors (Lipinski definition) is 5. The van der Waals surface area contributed by atoms with Crippen molar-refractivity contribution < 1.29 is 4.79 Å². The van der Waals surface area contributed by atoms with E-state index >= 15 is 0 Å². The largest absolute Gasteiger partial charge is 0.292 e. The molecule has 0 aromatic carbocycles. The number of aromatic nitrogens is 3. The van der Waals surface area contributed by atoms with Gasteiger partial charge >= 0.3 is 0 Å². The number of nitriles is 1. The summed E-state index contributed by atoms with van der Waals surface area (Å²) in [7, 11) is 0. The number of carbonyl (C=O) groups excluding carboxylic acids is 1. The molecular weight excluding hydrogens is 296 g/mol. The van der Waals surface area contributed by atoms with E-state index in [-0.39, 0.29) is 5.78 Å². The van der Waals surface area contributed by atoms with Gasteiger partial charge in [-0.1, -0.05) is 13.8 Å². The molecule has 3 heterocycles. The second-order valence-corrected chi connectivity index (χ2v) is 6.77. The molecule has 0 aliphatic carbocycles. The van der Waals surface area contributed by atoms with E-state index in [0.717, 1.165) is 37.2 Å². The fourth-order valence-corrected chi connectivity index (χ4v) is 3.73. The summed E-state index contributed by atoms with van der Waals surface area (Å²) in [4.78, 5) is 17.3.